The first-order valence-corrected chi connectivity index (χ1v) is 6.32. The number of nitrogens with zero attached hydrogens (tertiary/aromatic N) is 1. The van der Waals surface area contributed by atoms with Crippen LogP contribution < -0.4 is 0 Å². The maximum absolute atomic E-state index is 5.42. The van der Waals surface area contributed by atoms with Crippen molar-refractivity contribution in [2.24, 2.45) is 5.16 Å². The molecule has 1 aromatic carbocycles. The van der Waals surface area contributed by atoms with E-state index in [1.54, 1.807) is 0 Å². The molecule has 1 aromatic rings. The Bertz CT molecular complexity index is 381. The fourth-order valence-electron chi connectivity index (χ4n) is 1.90. The van der Waals surface area contributed by atoms with Gasteiger partial charge in [0.25, 0.3) is 0 Å². The third-order valence-electron chi connectivity index (χ3n) is 2.87. The van der Waals surface area contributed by atoms with Crippen LogP contribution in [0.4, 0.5) is 0 Å². The highest BCUT2D eigenvalue weighted by atomic mass is 16.6. The van der Waals surface area contributed by atoms with Crippen LogP contribution in [0.5, 0.6) is 0 Å². The van der Waals surface area contributed by atoms with Gasteiger partial charge in [0.15, 0.2) is 0 Å². The van der Waals surface area contributed by atoms with Crippen LogP contribution in [0.3, 0.4) is 0 Å². The number of hydrogen-bond acceptors (Lipinski definition) is 2. The predicted molar refractivity (Wildman–Crippen MR) is 70.9 cm³/mol. The molecular formula is C15H19NO. The second-order valence-electron chi connectivity index (χ2n) is 4.32. The highest BCUT2D eigenvalue weighted by Crippen LogP contribution is 2.10. The van der Waals surface area contributed by atoms with Crippen molar-refractivity contribution in [2.45, 2.75) is 38.7 Å². The molecule has 0 amide bonds. The van der Waals surface area contributed by atoms with Crippen molar-refractivity contribution < 1.29 is 4.84 Å². The lowest BCUT2D eigenvalue weighted by molar-refractivity contribution is 0.129. The maximum atomic E-state index is 5.42. The van der Waals surface area contributed by atoms with Crippen LogP contribution in [-0.2, 0) is 11.4 Å². The average molecular weight is 229 g/mol. The van der Waals surface area contributed by atoms with E-state index in [4.69, 9.17) is 4.84 Å². The fourth-order valence-corrected chi connectivity index (χ4v) is 1.90. The van der Waals surface area contributed by atoms with E-state index in [-0.39, 0.29) is 0 Å². The van der Waals surface area contributed by atoms with Crippen LogP contribution in [0.25, 0.3) is 0 Å². The van der Waals surface area contributed by atoms with Gasteiger partial charge >= 0.3 is 0 Å². The van der Waals surface area contributed by atoms with Crippen LogP contribution in [0.1, 0.15) is 37.7 Å². The molecular weight excluding hydrogens is 210 g/mol. The van der Waals surface area contributed by atoms with Gasteiger partial charge in [0.05, 0.1) is 5.71 Å². The van der Waals surface area contributed by atoms with Crippen molar-refractivity contribution in [1.82, 2.24) is 0 Å². The van der Waals surface area contributed by atoms with Gasteiger partial charge in [0.2, 0.25) is 0 Å². The van der Waals surface area contributed by atoms with Gasteiger partial charge in [-0.05, 0) is 37.7 Å². The molecule has 0 bridgehead atoms. The van der Waals surface area contributed by atoms with Gasteiger partial charge in [-0.15, -0.1) is 0 Å². The molecule has 0 radical (unpaired) electrons. The SMILES string of the molecule is C1=C/CC/C(=N/OCc2ccccc2)CCC/1. The topological polar surface area (TPSA) is 21.6 Å². The molecule has 0 saturated heterocycles. The van der Waals surface area contributed by atoms with Gasteiger partial charge in [-0.2, -0.15) is 0 Å². The molecule has 2 rings (SSSR count). The van der Waals surface area contributed by atoms with Crippen LogP contribution in [0.2, 0.25) is 0 Å². The zero-order chi connectivity index (χ0) is 11.8. The molecule has 0 N–H and O–H groups in total. The smallest absolute Gasteiger partial charge is 0.142 e. The van der Waals surface area contributed by atoms with Crippen molar-refractivity contribution in [3.05, 3.63) is 48.0 Å². The Morgan fingerprint density at radius 3 is 2.71 bits per heavy atom. The first-order chi connectivity index (χ1) is 8.45. The number of allylic oxidation sites excluding steroid dienone is 2. The van der Waals surface area contributed by atoms with Crippen molar-refractivity contribution in [2.75, 3.05) is 0 Å². The summed E-state index contributed by atoms with van der Waals surface area (Å²) in [6.07, 6.45) is 10.0. The average Bonchev–Trinajstić information content (AvgIpc) is 2.33. The van der Waals surface area contributed by atoms with Crippen LogP contribution >= 0.6 is 0 Å². The molecule has 0 aromatic heterocycles. The first kappa shape index (κ1) is 11.9. The number of benzene rings is 1. The Kier molecular flexibility index (Phi) is 4.83. The fraction of sp³-hybridized carbons (Fsp3) is 0.400. The number of rotatable bonds is 3. The standard InChI is InChI=1S/C15H19NO/c1-2-7-11-15(12-8-3-1)16-17-13-14-9-5-4-6-10-14/h1-2,4-6,9-10H,3,7-8,11-13H2/b2-1+,16-15-. The number of hydrogen-bond donors (Lipinski definition) is 0. The third-order valence-corrected chi connectivity index (χ3v) is 2.87. The van der Waals surface area contributed by atoms with Gasteiger partial charge in [-0.25, -0.2) is 0 Å². The van der Waals surface area contributed by atoms with Gasteiger partial charge in [0.1, 0.15) is 6.61 Å². The van der Waals surface area contributed by atoms with E-state index in [0.717, 1.165) is 25.7 Å². The maximum Gasteiger partial charge on any atom is 0.142 e. The number of oxime groups is 1. The molecule has 90 valence electrons. The van der Waals surface area contributed by atoms with E-state index < -0.39 is 0 Å². The van der Waals surface area contributed by atoms with Gasteiger partial charge in [0, 0.05) is 0 Å². The Morgan fingerprint density at radius 1 is 1.00 bits per heavy atom. The Balaban J connectivity index is 1.81. The lowest BCUT2D eigenvalue weighted by Crippen LogP contribution is -2.01. The molecule has 0 spiro atoms. The summed E-state index contributed by atoms with van der Waals surface area (Å²) >= 11 is 0. The molecule has 0 saturated carbocycles. The van der Waals surface area contributed by atoms with E-state index in [9.17, 15) is 0 Å². The summed E-state index contributed by atoms with van der Waals surface area (Å²) in [5, 5.41) is 4.26. The molecule has 2 nitrogen and oxygen atoms in total. The van der Waals surface area contributed by atoms with Crippen LogP contribution in [0.15, 0.2) is 47.6 Å². The van der Waals surface area contributed by atoms with E-state index >= 15 is 0 Å². The summed E-state index contributed by atoms with van der Waals surface area (Å²) in [5.74, 6) is 0. The quantitative estimate of drug-likeness (QED) is 0.565. The molecule has 0 unspecified atom stereocenters. The third kappa shape index (κ3) is 4.43. The van der Waals surface area contributed by atoms with E-state index in [0.29, 0.717) is 6.61 Å². The summed E-state index contributed by atoms with van der Waals surface area (Å²) in [4.78, 5) is 5.42. The largest absolute Gasteiger partial charge is 0.391 e. The molecule has 0 aliphatic heterocycles. The molecule has 1 aliphatic carbocycles. The zero-order valence-electron chi connectivity index (χ0n) is 10.1. The second-order valence-corrected chi connectivity index (χ2v) is 4.32. The first-order valence-electron chi connectivity index (χ1n) is 6.32. The predicted octanol–water partition coefficient (Wildman–Crippen LogP) is 4.08. The zero-order valence-corrected chi connectivity index (χ0v) is 10.1. The van der Waals surface area contributed by atoms with Crippen LogP contribution in [-0.4, -0.2) is 5.71 Å². The lowest BCUT2D eigenvalue weighted by atomic mass is 10.0. The minimum Gasteiger partial charge on any atom is -0.391 e. The highest BCUT2D eigenvalue weighted by Gasteiger charge is 2.02. The Hall–Kier alpha value is -1.57. The highest BCUT2D eigenvalue weighted by molar-refractivity contribution is 5.84. The molecule has 2 heteroatoms. The monoisotopic (exact) mass is 229 g/mol. The lowest BCUT2D eigenvalue weighted by Gasteiger charge is -2.07. The molecule has 0 heterocycles. The Morgan fingerprint density at radius 2 is 1.82 bits per heavy atom. The summed E-state index contributed by atoms with van der Waals surface area (Å²) in [6.45, 7) is 0.570. The van der Waals surface area contributed by atoms with Gasteiger partial charge < -0.3 is 4.84 Å². The van der Waals surface area contributed by atoms with E-state index in [2.05, 4.69) is 29.4 Å². The van der Waals surface area contributed by atoms with Crippen molar-refractivity contribution in [1.29, 1.82) is 0 Å². The van der Waals surface area contributed by atoms with E-state index in [1.807, 2.05) is 18.2 Å². The van der Waals surface area contributed by atoms with Gasteiger partial charge in [-0.1, -0.05) is 47.6 Å². The minimum atomic E-state index is 0.570. The molecule has 17 heavy (non-hydrogen) atoms. The van der Waals surface area contributed by atoms with Crippen molar-refractivity contribution >= 4 is 5.71 Å². The summed E-state index contributed by atoms with van der Waals surface area (Å²) < 4.78 is 0. The molecule has 0 atom stereocenters. The van der Waals surface area contributed by atoms with Crippen molar-refractivity contribution in [3.8, 4) is 0 Å². The van der Waals surface area contributed by atoms with Crippen molar-refractivity contribution in [3.63, 3.8) is 0 Å². The Labute approximate surface area is 103 Å². The summed E-state index contributed by atoms with van der Waals surface area (Å²) in [6, 6.07) is 10.2. The summed E-state index contributed by atoms with van der Waals surface area (Å²) in [5.41, 5.74) is 2.37. The minimum absolute atomic E-state index is 0.570. The van der Waals surface area contributed by atoms with Crippen LogP contribution in [0, 0.1) is 0 Å². The van der Waals surface area contributed by atoms with Gasteiger partial charge in [-0.3, -0.25) is 0 Å². The normalized spacial score (nSPS) is 20.6. The van der Waals surface area contributed by atoms with E-state index in [1.165, 1.54) is 17.7 Å². The second kappa shape index (κ2) is 6.89. The molecule has 0 fully saturated rings. The summed E-state index contributed by atoms with van der Waals surface area (Å²) in [7, 11) is 0. The molecule has 1 aliphatic rings.